The quantitative estimate of drug-likeness (QED) is 0.567. The molecule has 1 saturated heterocycles. The summed E-state index contributed by atoms with van der Waals surface area (Å²) in [5.41, 5.74) is 1.18. The predicted molar refractivity (Wildman–Crippen MR) is 58.0 cm³/mol. The highest BCUT2D eigenvalue weighted by atomic mass is 32.2. The van der Waals surface area contributed by atoms with Crippen LogP contribution in [0.1, 0.15) is 17.9 Å². The first-order valence-electron chi connectivity index (χ1n) is 4.84. The van der Waals surface area contributed by atoms with E-state index in [1.54, 1.807) is 12.3 Å². The van der Waals surface area contributed by atoms with Gasteiger partial charge in [0.05, 0.1) is 23.4 Å². The van der Waals surface area contributed by atoms with Crippen molar-refractivity contribution >= 4 is 21.6 Å². The monoisotopic (exact) mass is 238 g/mol. The summed E-state index contributed by atoms with van der Waals surface area (Å²) in [6.45, 7) is 0. The van der Waals surface area contributed by atoms with Crippen molar-refractivity contribution in [2.45, 2.75) is 12.3 Å². The van der Waals surface area contributed by atoms with E-state index in [-0.39, 0.29) is 17.4 Å². The molecule has 0 radical (unpaired) electrons. The van der Waals surface area contributed by atoms with E-state index in [2.05, 4.69) is 9.98 Å². The number of aromatic nitrogens is 1. The van der Waals surface area contributed by atoms with Crippen molar-refractivity contribution in [3.63, 3.8) is 0 Å². The molecule has 1 fully saturated rings. The van der Waals surface area contributed by atoms with E-state index in [1.165, 1.54) is 12.3 Å². The maximum atomic E-state index is 11.4. The van der Waals surface area contributed by atoms with Gasteiger partial charge in [-0.05, 0) is 18.1 Å². The van der Waals surface area contributed by atoms with Crippen molar-refractivity contribution in [2.75, 3.05) is 11.5 Å². The zero-order valence-corrected chi connectivity index (χ0v) is 9.27. The van der Waals surface area contributed by atoms with Crippen molar-refractivity contribution in [1.82, 2.24) is 4.98 Å². The average molecular weight is 238 g/mol. The highest BCUT2D eigenvalue weighted by Crippen LogP contribution is 2.33. The maximum absolute atomic E-state index is 11.4. The van der Waals surface area contributed by atoms with Crippen LogP contribution in [0.4, 0.5) is 5.69 Å². The molecular formula is C10H10N2O3S. The normalized spacial score (nSPS) is 22.6. The summed E-state index contributed by atoms with van der Waals surface area (Å²) < 4.78 is 22.7. The minimum absolute atomic E-state index is 0.0832. The van der Waals surface area contributed by atoms with Gasteiger partial charge in [-0.25, -0.2) is 13.2 Å². The van der Waals surface area contributed by atoms with Crippen molar-refractivity contribution in [3.8, 4) is 0 Å². The Morgan fingerprint density at radius 1 is 1.50 bits per heavy atom. The average Bonchev–Trinajstić information content (AvgIpc) is 2.60. The van der Waals surface area contributed by atoms with Gasteiger partial charge in [-0.1, -0.05) is 0 Å². The number of rotatable bonds is 2. The van der Waals surface area contributed by atoms with Gasteiger partial charge < -0.3 is 0 Å². The van der Waals surface area contributed by atoms with Gasteiger partial charge >= 0.3 is 0 Å². The third kappa shape index (κ3) is 2.18. The molecule has 84 valence electrons. The van der Waals surface area contributed by atoms with Crippen LogP contribution >= 0.6 is 0 Å². The summed E-state index contributed by atoms with van der Waals surface area (Å²) in [6.07, 6.45) is 5.05. The van der Waals surface area contributed by atoms with Gasteiger partial charge in [-0.15, -0.1) is 0 Å². The summed E-state index contributed by atoms with van der Waals surface area (Å²) in [7, 11) is -2.94. The Kier molecular flexibility index (Phi) is 2.85. The molecule has 0 amide bonds. The standard InChI is InChI=1S/C10H10N2O3S/c13-7-12-10-5-11-3-1-9(10)8-2-4-16(14,15)6-8/h1,3,5,8H,2,4,6H2. The molecule has 0 aromatic carbocycles. The fourth-order valence-electron chi connectivity index (χ4n) is 1.92. The summed E-state index contributed by atoms with van der Waals surface area (Å²) in [5, 5.41) is 0. The Hall–Kier alpha value is -1.52. The van der Waals surface area contributed by atoms with E-state index in [1.807, 2.05) is 0 Å². The molecular weight excluding hydrogens is 228 g/mol. The first-order valence-corrected chi connectivity index (χ1v) is 6.67. The Labute approximate surface area is 93.2 Å². The molecule has 1 aliphatic heterocycles. The van der Waals surface area contributed by atoms with Crippen LogP contribution in [0.3, 0.4) is 0 Å². The highest BCUT2D eigenvalue weighted by molar-refractivity contribution is 7.91. The first kappa shape index (κ1) is 11.0. The lowest BCUT2D eigenvalue weighted by atomic mass is 9.98. The van der Waals surface area contributed by atoms with Crippen molar-refractivity contribution < 1.29 is 13.2 Å². The zero-order valence-electron chi connectivity index (χ0n) is 8.46. The van der Waals surface area contributed by atoms with E-state index in [4.69, 9.17) is 0 Å². The molecule has 0 bridgehead atoms. The van der Waals surface area contributed by atoms with Crippen LogP contribution in [0, 0.1) is 0 Å². The fourth-order valence-corrected chi connectivity index (χ4v) is 3.69. The Morgan fingerprint density at radius 3 is 2.94 bits per heavy atom. The minimum Gasteiger partial charge on any atom is -0.262 e. The maximum Gasteiger partial charge on any atom is 0.240 e. The lowest BCUT2D eigenvalue weighted by molar-refractivity contribution is 0.565. The molecule has 0 spiro atoms. The fraction of sp³-hybridized carbons (Fsp3) is 0.400. The molecule has 6 heteroatoms. The zero-order chi connectivity index (χ0) is 11.6. The van der Waals surface area contributed by atoms with Crippen molar-refractivity contribution in [1.29, 1.82) is 0 Å². The summed E-state index contributed by atoms with van der Waals surface area (Å²) in [4.78, 5) is 17.6. The molecule has 1 aromatic heterocycles. The number of hydrogen-bond donors (Lipinski definition) is 0. The lowest BCUT2D eigenvalue weighted by Crippen LogP contribution is -2.04. The minimum atomic E-state index is -2.94. The van der Waals surface area contributed by atoms with Crippen LogP contribution in [0.25, 0.3) is 0 Å². The summed E-state index contributed by atoms with van der Waals surface area (Å²) >= 11 is 0. The van der Waals surface area contributed by atoms with Crippen molar-refractivity contribution in [3.05, 3.63) is 24.0 Å². The summed E-state index contributed by atoms with van der Waals surface area (Å²) in [5.74, 6) is 0.239. The number of nitrogens with zero attached hydrogens (tertiary/aromatic N) is 2. The van der Waals surface area contributed by atoms with E-state index >= 15 is 0 Å². The number of isocyanates is 1. The SMILES string of the molecule is O=C=Nc1cnccc1C1CCS(=O)(=O)C1. The van der Waals surface area contributed by atoms with Gasteiger partial charge in [0.25, 0.3) is 0 Å². The van der Waals surface area contributed by atoms with Crippen LogP contribution in [0.15, 0.2) is 23.5 Å². The van der Waals surface area contributed by atoms with Crippen LogP contribution < -0.4 is 0 Å². The molecule has 0 aliphatic carbocycles. The third-order valence-electron chi connectivity index (χ3n) is 2.67. The predicted octanol–water partition coefficient (Wildman–Crippen LogP) is 0.951. The Bertz CT molecular complexity index is 547. The molecule has 16 heavy (non-hydrogen) atoms. The molecule has 0 N–H and O–H groups in total. The molecule has 5 nitrogen and oxygen atoms in total. The second-order valence-electron chi connectivity index (χ2n) is 3.74. The largest absolute Gasteiger partial charge is 0.262 e. The van der Waals surface area contributed by atoms with E-state index < -0.39 is 9.84 Å². The molecule has 2 rings (SSSR count). The van der Waals surface area contributed by atoms with Gasteiger partial charge in [0, 0.05) is 12.1 Å². The van der Waals surface area contributed by atoms with Gasteiger partial charge in [0.1, 0.15) is 0 Å². The molecule has 1 unspecified atom stereocenters. The second-order valence-corrected chi connectivity index (χ2v) is 5.97. The van der Waals surface area contributed by atoms with Crippen LogP contribution in [0.5, 0.6) is 0 Å². The summed E-state index contributed by atoms with van der Waals surface area (Å²) in [6, 6.07) is 1.71. The van der Waals surface area contributed by atoms with Gasteiger partial charge in [0.2, 0.25) is 6.08 Å². The van der Waals surface area contributed by atoms with Crippen LogP contribution in [-0.4, -0.2) is 31.0 Å². The number of sulfone groups is 1. The highest BCUT2D eigenvalue weighted by Gasteiger charge is 2.30. The smallest absolute Gasteiger partial charge is 0.240 e. The topological polar surface area (TPSA) is 76.5 Å². The van der Waals surface area contributed by atoms with E-state index in [0.29, 0.717) is 12.1 Å². The number of carbonyl (C=O) groups excluding carboxylic acids is 1. The van der Waals surface area contributed by atoms with Crippen LogP contribution in [-0.2, 0) is 14.6 Å². The van der Waals surface area contributed by atoms with Gasteiger partial charge in [-0.2, -0.15) is 4.99 Å². The molecule has 1 atom stereocenters. The molecule has 0 saturated carbocycles. The Morgan fingerprint density at radius 2 is 2.31 bits per heavy atom. The third-order valence-corrected chi connectivity index (χ3v) is 4.44. The molecule has 2 heterocycles. The first-order chi connectivity index (χ1) is 7.62. The number of pyridine rings is 1. The second kappa shape index (κ2) is 4.15. The van der Waals surface area contributed by atoms with E-state index in [9.17, 15) is 13.2 Å². The van der Waals surface area contributed by atoms with Gasteiger partial charge in [0.15, 0.2) is 9.84 Å². The number of aliphatic imine (C=N–C) groups is 1. The van der Waals surface area contributed by atoms with Crippen molar-refractivity contribution in [2.24, 2.45) is 4.99 Å². The molecule has 1 aliphatic rings. The molecule has 1 aromatic rings. The van der Waals surface area contributed by atoms with Crippen LogP contribution in [0.2, 0.25) is 0 Å². The lowest BCUT2D eigenvalue weighted by Gasteiger charge is -2.09. The number of hydrogen-bond acceptors (Lipinski definition) is 5. The Balaban J connectivity index is 2.38. The van der Waals surface area contributed by atoms with E-state index in [0.717, 1.165) is 5.56 Å². The van der Waals surface area contributed by atoms with Gasteiger partial charge in [-0.3, -0.25) is 4.98 Å².